The van der Waals surface area contributed by atoms with Crippen LogP contribution in [0.1, 0.15) is 22.3 Å². The second kappa shape index (κ2) is 10.6. The van der Waals surface area contributed by atoms with E-state index in [0.29, 0.717) is 39.3 Å². The number of ether oxygens (including phenoxy) is 3. The van der Waals surface area contributed by atoms with Crippen molar-refractivity contribution in [2.75, 3.05) is 7.11 Å². The maximum Gasteiger partial charge on any atom is 0.363 e. The normalized spacial score (nSPS) is 14.0. The van der Waals surface area contributed by atoms with Gasteiger partial charge in [0, 0.05) is 26.3 Å². The van der Waals surface area contributed by atoms with Crippen LogP contribution in [0, 0.1) is 20.6 Å². The first-order chi connectivity index (χ1) is 16.8. The number of halogens is 2. The van der Waals surface area contributed by atoms with Gasteiger partial charge in [0.1, 0.15) is 6.61 Å². The molecule has 0 unspecified atom stereocenters. The molecule has 8 nitrogen and oxygen atoms in total. The summed E-state index contributed by atoms with van der Waals surface area (Å²) in [6.07, 6.45) is 1.55. The van der Waals surface area contributed by atoms with E-state index in [-0.39, 0.29) is 17.3 Å². The number of benzene rings is 3. The van der Waals surface area contributed by atoms with E-state index < -0.39 is 10.9 Å². The Labute approximate surface area is 223 Å². The van der Waals surface area contributed by atoms with Gasteiger partial charge in [-0.1, -0.05) is 24.3 Å². The van der Waals surface area contributed by atoms with Crippen molar-refractivity contribution in [3.8, 4) is 11.5 Å². The second-order valence-electron chi connectivity index (χ2n) is 7.46. The van der Waals surface area contributed by atoms with Crippen molar-refractivity contribution in [3.05, 3.63) is 101 Å². The van der Waals surface area contributed by atoms with Crippen LogP contribution in [-0.4, -0.2) is 23.9 Å². The van der Waals surface area contributed by atoms with E-state index in [1.165, 1.54) is 19.2 Å². The number of carbonyl (C=O) groups is 1. The predicted octanol–water partition coefficient (Wildman–Crippen LogP) is 6.20. The van der Waals surface area contributed by atoms with Gasteiger partial charge in [-0.2, -0.15) is 0 Å². The highest BCUT2D eigenvalue weighted by atomic mass is 127. The third-order valence-electron chi connectivity index (χ3n) is 5.24. The maximum absolute atomic E-state index is 12.5. The average molecular weight is 649 g/mol. The van der Waals surface area contributed by atoms with Crippen molar-refractivity contribution >= 4 is 62.2 Å². The Morgan fingerprint density at radius 1 is 1.20 bits per heavy atom. The number of nitrogens with zero attached hydrogens (tertiary/aromatic N) is 2. The molecule has 0 N–H and O–H groups in total. The van der Waals surface area contributed by atoms with Crippen LogP contribution < -0.4 is 9.47 Å². The number of hydrogen-bond donors (Lipinski definition) is 0. The molecule has 10 heteroatoms. The summed E-state index contributed by atoms with van der Waals surface area (Å²) in [5, 5.41) is 11.2. The number of cyclic esters (lactones) is 1. The zero-order chi connectivity index (χ0) is 25.1. The smallest absolute Gasteiger partial charge is 0.363 e. The van der Waals surface area contributed by atoms with Gasteiger partial charge in [0.15, 0.2) is 17.2 Å². The zero-order valence-electron chi connectivity index (χ0n) is 18.6. The average Bonchev–Trinajstić information content (AvgIpc) is 3.18. The highest BCUT2D eigenvalue weighted by Gasteiger charge is 2.27. The molecule has 0 aromatic heterocycles. The number of methoxy groups -OCH3 is 1. The number of hydrogen-bond acceptors (Lipinski definition) is 7. The van der Waals surface area contributed by atoms with Crippen LogP contribution in [0.25, 0.3) is 6.08 Å². The third-order valence-corrected chi connectivity index (χ3v) is 6.88. The summed E-state index contributed by atoms with van der Waals surface area (Å²) in [6, 6.07) is 15.9. The van der Waals surface area contributed by atoms with Gasteiger partial charge in [0.25, 0.3) is 5.69 Å². The van der Waals surface area contributed by atoms with Gasteiger partial charge in [0.2, 0.25) is 5.90 Å². The van der Waals surface area contributed by atoms with Crippen LogP contribution in [0.3, 0.4) is 0 Å². The van der Waals surface area contributed by atoms with Gasteiger partial charge >= 0.3 is 5.97 Å². The predicted molar refractivity (Wildman–Crippen MR) is 143 cm³/mol. The first-order valence-electron chi connectivity index (χ1n) is 10.3. The molecule has 0 fully saturated rings. The Morgan fingerprint density at radius 2 is 1.97 bits per heavy atom. The molecule has 1 aliphatic heterocycles. The molecule has 0 amide bonds. The fourth-order valence-corrected chi connectivity index (χ4v) is 4.58. The van der Waals surface area contributed by atoms with Crippen molar-refractivity contribution in [3.63, 3.8) is 0 Å². The monoisotopic (exact) mass is 648 g/mol. The molecular weight excluding hydrogens is 631 g/mol. The first-order valence-corrected chi connectivity index (χ1v) is 12.2. The highest BCUT2D eigenvalue weighted by molar-refractivity contribution is 14.1. The molecule has 35 heavy (non-hydrogen) atoms. The molecule has 3 aromatic carbocycles. The van der Waals surface area contributed by atoms with Crippen LogP contribution in [0.15, 0.2) is 69.8 Å². The fraction of sp³-hybridized carbons (Fsp3) is 0.120. The lowest BCUT2D eigenvalue weighted by molar-refractivity contribution is -0.385. The van der Waals surface area contributed by atoms with Gasteiger partial charge in [0.05, 0.1) is 16.5 Å². The Hall–Kier alpha value is -3.25. The van der Waals surface area contributed by atoms with E-state index in [4.69, 9.17) is 14.2 Å². The summed E-state index contributed by atoms with van der Waals surface area (Å²) in [5.74, 6) is 0.368. The summed E-state index contributed by atoms with van der Waals surface area (Å²) in [6.45, 7) is 1.94. The van der Waals surface area contributed by atoms with Crippen LogP contribution in [0.2, 0.25) is 0 Å². The molecular formula is C25H18BrIN2O6. The van der Waals surface area contributed by atoms with Crippen molar-refractivity contribution in [1.29, 1.82) is 0 Å². The molecule has 1 aliphatic rings. The second-order valence-corrected chi connectivity index (χ2v) is 9.47. The molecule has 4 rings (SSSR count). The van der Waals surface area contributed by atoms with E-state index in [1.54, 1.807) is 31.2 Å². The highest BCUT2D eigenvalue weighted by Crippen LogP contribution is 2.38. The number of aliphatic imine (C=N–C) groups is 1. The van der Waals surface area contributed by atoms with Gasteiger partial charge in [-0.15, -0.1) is 0 Å². The van der Waals surface area contributed by atoms with Crippen LogP contribution in [-0.2, 0) is 16.1 Å². The topological polar surface area (TPSA) is 100 Å². The Bertz CT molecular complexity index is 1400. The van der Waals surface area contributed by atoms with E-state index in [9.17, 15) is 14.9 Å². The molecule has 0 spiro atoms. The van der Waals surface area contributed by atoms with Crippen molar-refractivity contribution in [1.82, 2.24) is 0 Å². The third kappa shape index (κ3) is 5.38. The lowest BCUT2D eigenvalue weighted by atomic mass is 10.1. The SMILES string of the molecule is COc1cc(/C=C2\N=C(c3cccc([N+](=O)[O-])c3C)OC2=O)cc(Br)c1OCc1ccccc1I. The number of rotatable bonds is 7. The molecule has 0 bridgehead atoms. The quantitative estimate of drug-likeness (QED) is 0.0994. The summed E-state index contributed by atoms with van der Waals surface area (Å²) >= 11 is 5.78. The summed E-state index contributed by atoms with van der Waals surface area (Å²) in [7, 11) is 1.53. The molecule has 0 aliphatic carbocycles. The molecule has 178 valence electrons. The van der Waals surface area contributed by atoms with Gasteiger partial charge in [-0.05, 0) is 81.3 Å². The van der Waals surface area contributed by atoms with Gasteiger partial charge in [-0.3, -0.25) is 10.1 Å². The number of nitro benzene ring substituents is 1. The van der Waals surface area contributed by atoms with E-state index in [2.05, 4.69) is 43.5 Å². The molecule has 0 atom stereocenters. The number of esters is 1. The van der Waals surface area contributed by atoms with E-state index >= 15 is 0 Å². The van der Waals surface area contributed by atoms with E-state index in [0.717, 1.165) is 9.13 Å². The minimum atomic E-state index is -0.653. The Morgan fingerprint density at radius 3 is 2.69 bits per heavy atom. The number of nitro groups is 1. The summed E-state index contributed by atoms with van der Waals surface area (Å²) < 4.78 is 18.6. The first kappa shape index (κ1) is 24.9. The summed E-state index contributed by atoms with van der Waals surface area (Å²) in [4.78, 5) is 27.5. The minimum Gasteiger partial charge on any atom is -0.493 e. The van der Waals surface area contributed by atoms with E-state index in [1.807, 2.05) is 24.3 Å². The molecule has 0 saturated heterocycles. The molecule has 0 radical (unpaired) electrons. The van der Waals surface area contributed by atoms with Crippen LogP contribution in [0.5, 0.6) is 11.5 Å². The largest absolute Gasteiger partial charge is 0.493 e. The number of carbonyl (C=O) groups excluding carboxylic acids is 1. The van der Waals surface area contributed by atoms with Crippen LogP contribution in [0.4, 0.5) is 5.69 Å². The standard InChI is InChI=1S/C25H18BrIN2O6/c1-14-17(7-5-9-21(14)29(31)32)24-28-20(25(30)35-24)11-15-10-18(26)23(22(12-15)33-2)34-13-16-6-3-4-8-19(16)27/h3-12H,13H2,1-2H3/b20-11-. The van der Waals surface area contributed by atoms with Gasteiger partial charge < -0.3 is 14.2 Å². The van der Waals surface area contributed by atoms with Crippen molar-refractivity contribution in [2.45, 2.75) is 13.5 Å². The maximum atomic E-state index is 12.5. The Kier molecular flexibility index (Phi) is 7.51. The van der Waals surface area contributed by atoms with Crippen LogP contribution >= 0.6 is 38.5 Å². The molecule has 0 saturated carbocycles. The lowest BCUT2D eigenvalue weighted by Gasteiger charge is -2.14. The molecule has 3 aromatic rings. The molecule has 1 heterocycles. The lowest BCUT2D eigenvalue weighted by Crippen LogP contribution is -2.08. The zero-order valence-corrected chi connectivity index (χ0v) is 22.3. The van der Waals surface area contributed by atoms with Crippen molar-refractivity contribution < 1.29 is 23.9 Å². The summed E-state index contributed by atoms with van der Waals surface area (Å²) in [5.41, 5.74) is 2.40. The fourth-order valence-electron chi connectivity index (χ4n) is 3.46. The Balaban J connectivity index is 1.63. The van der Waals surface area contributed by atoms with Gasteiger partial charge in [-0.25, -0.2) is 9.79 Å². The van der Waals surface area contributed by atoms with Crippen molar-refractivity contribution in [2.24, 2.45) is 4.99 Å². The minimum absolute atomic E-state index is 0.0194.